The summed E-state index contributed by atoms with van der Waals surface area (Å²) in [6, 6.07) is 6.84. The first kappa shape index (κ1) is 27.5. The maximum absolute atomic E-state index is 6.98. The SMILES string of the molecule is CCCCCCCCCCCCCCCCc1cccc(C(Cl)(CC)CC)c1CC. The highest BCUT2D eigenvalue weighted by atomic mass is 35.5. The molecule has 0 fully saturated rings. The normalized spacial score (nSPS) is 11.9. The van der Waals surface area contributed by atoms with Crippen LogP contribution in [0.3, 0.4) is 0 Å². The zero-order chi connectivity index (χ0) is 22.1. The van der Waals surface area contributed by atoms with Crippen LogP contribution in [0.2, 0.25) is 0 Å². The van der Waals surface area contributed by atoms with Gasteiger partial charge in [-0.2, -0.15) is 0 Å². The molecule has 174 valence electrons. The van der Waals surface area contributed by atoms with Gasteiger partial charge in [0.15, 0.2) is 0 Å². The van der Waals surface area contributed by atoms with Crippen molar-refractivity contribution in [1.29, 1.82) is 0 Å². The van der Waals surface area contributed by atoms with Gasteiger partial charge in [-0.3, -0.25) is 0 Å². The molecule has 1 aromatic carbocycles. The minimum Gasteiger partial charge on any atom is -0.114 e. The van der Waals surface area contributed by atoms with E-state index in [1.165, 1.54) is 107 Å². The molecule has 0 amide bonds. The van der Waals surface area contributed by atoms with Gasteiger partial charge in [0.2, 0.25) is 0 Å². The predicted molar refractivity (Wildman–Crippen MR) is 138 cm³/mol. The lowest BCUT2D eigenvalue weighted by atomic mass is 9.85. The molecule has 0 spiro atoms. The lowest BCUT2D eigenvalue weighted by Crippen LogP contribution is -2.19. The second kappa shape index (κ2) is 17.1. The van der Waals surface area contributed by atoms with E-state index >= 15 is 0 Å². The molecule has 0 aliphatic carbocycles. The first-order valence-corrected chi connectivity index (χ1v) is 13.8. The summed E-state index contributed by atoms with van der Waals surface area (Å²) < 4.78 is 0. The maximum atomic E-state index is 6.98. The summed E-state index contributed by atoms with van der Waals surface area (Å²) in [5.74, 6) is 0. The molecule has 0 unspecified atom stereocenters. The fourth-order valence-corrected chi connectivity index (χ4v) is 5.02. The molecule has 0 N–H and O–H groups in total. The van der Waals surface area contributed by atoms with Crippen LogP contribution >= 0.6 is 11.6 Å². The summed E-state index contributed by atoms with van der Waals surface area (Å²) >= 11 is 6.98. The Bertz CT molecular complexity index is 529. The quantitative estimate of drug-likeness (QED) is 0.150. The van der Waals surface area contributed by atoms with Crippen molar-refractivity contribution in [1.82, 2.24) is 0 Å². The fourth-order valence-electron chi connectivity index (χ4n) is 4.85. The molecule has 0 atom stereocenters. The molecule has 30 heavy (non-hydrogen) atoms. The monoisotopic (exact) mass is 434 g/mol. The summed E-state index contributed by atoms with van der Waals surface area (Å²) in [6.07, 6.45) is 24.2. The maximum Gasteiger partial charge on any atom is 0.0692 e. The highest BCUT2D eigenvalue weighted by molar-refractivity contribution is 6.24. The third kappa shape index (κ3) is 10.2. The molecule has 0 aliphatic heterocycles. The van der Waals surface area contributed by atoms with Crippen LogP contribution in [0, 0.1) is 0 Å². The number of hydrogen-bond acceptors (Lipinski definition) is 0. The average Bonchev–Trinajstić information content (AvgIpc) is 2.78. The van der Waals surface area contributed by atoms with Gasteiger partial charge in [-0.05, 0) is 48.8 Å². The summed E-state index contributed by atoms with van der Waals surface area (Å²) in [6.45, 7) is 9.02. The first-order chi connectivity index (χ1) is 14.6. The number of aryl methyl sites for hydroxylation is 1. The Morgan fingerprint density at radius 2 is 1.10 bits per heavy atom. The predicted octanol–water partition coefficient (Wildman–Crippen LogP) is 10.5. The van der Waals surface area contributed by atoms with E-state index < -0.39 is 0 Å². The van der Waals surface area contributed by atoms with E-state index in [4.69, 9.17) is 11.6 Å². The van der Waals surface area contributed by atoms with Crippen molar-refractivity contribution >= 4 is 11.6 Å². The lowest BCUT2D eigenvalue weighted by molar-refractivity contribution is 0.535. The van der Waals surface area contributed by atoms with Crippen LogP contribution in [-0.2, 0) is 17.7 Å². The van der Waals surface area contributed by atoms with Gasteiger partial charge in [0.25, 0.3) is 0 Å². The van der Waals surface area contributed by atoms with Crippen molar-refractivity contribution in [3.8, 4) is 0 Å². The molecule has 0 aliphatic rings. The summed E-state index contributed by atoms with van der Waals surface area (Å²) in [5.41, 5.74) is 4.45. The molecule has 0 nitrogen and oxygen atoms in total. The van der Waals surface area contributed by atoms with E-state index in [2.05, 4.69) is 45.9 Å². The molecular weight excluding hydrogens is 384 g/mol. The zero-order valence-electron chi connectivity index (χ0n) is 20.8. The number of hydrogen-bond donors (Lipinski definition) is 0. The van der Waals surface area contributed by atoms with Gasteiger partial charge in [0.1, 0.15) is 0 Å². The Morgan fingerprint density at radius 3 is 1.53 bits per heavy atom. The van der Waals surface area contributed by atoms with Crippen molar-refractivity contribution < 1.29 is 0 Å². The van der Waals surface area contributed by atoms with Crippen molar-refractivity contribution in [3.63, 3.8) is 0 Å². The molecule has 0 bridgehead atoms. The number of alkyl halides is 1. The zero-order valence-corrected chi connectivity index (χ0v) is 21.6. The van der Waals surface area contributed by atoms with Gasteiger partial charge in [0.05, 0.1) is 4.87 Å². The van der Waals surface area contributed by atoms with Crippen LogP contribution in [0.15, 0.2) is 18.2 Å². The van der Waals surface area contributed by atoms with Gasteiger partial charge in [0, 0.05) is 0 Å². The average molecular weight is 435 g/mol. The smallest absolute Gasteiger partial charge is 0.0692 e. The Hall–Kier alpha value is -0.490. The van der Waals surface area contributed by atoms with E-state index in [0.29, 0.717) is 0 Å². The van der Waals surface area contributed by atoms with Crippen LogP contribution in [-0.4, -0.2) is 0 Å². The molecule has 0 saturated carbocycles. The molecule has 0 heterocycles. The van der Waals surface area contributed by atoms with Crippen LogP contribution in [0.4, 0.5) is 0 Å². The summed E-state index contributed by atoms with van der Waals surface area (Å²) in [4.78, 5) is -0.184. The molecule has 1 aromatic rings. The van der Waals surface area contributed by atoms with Crippen LogP contribution in [0.1, 0.15) is 147 Å². The second-order valence-electron chi connectivity index (χ2n) is 9.32. The first-order valence-electron chi connectivity index (χ1n) is 13.4. The highest BCUT2D eigenvalue weighted by Gasteiger charge is 2.28. The number of halogens is 1. The van der Waals surface area contributed by atoms with Gasteiger partial charge in [-0.1, -0.05) is 129 Å². The second-order valence-corrected chi connectivity index (χ2v) is 10.0. The minimum absolute atomic E-state index is 0.184. The summed E-state index contributed by atoms with van der Waals surface area (Å²) in [5, 5.41) is 0. The number of rotatable bonds is 19. The number of benzene rings is 1. The molecule has 0 radical (unpaired) electrons. The Balaban J connectivity index is 2.19. The van der Waals surface area contributed by atoms with E-state index in [9.17, 15) is 0 Å². The lowest BCUT2D eigenvalue weighted by Gasteiger charge is -2.28. The van der Waals surface area contributed by atoms with Crippen molar-refractivity contribution in [2.45, 2.75) is 148 Å². The largest absolute Gasteiger partial charge is 0.114 e. The third-order valence-electron chi connectivity index (χ3n) is 7.03. The van der Waals surface area contributed by atoms with Gasteiger partial charge in [-0.15, -0.1) is 11.6 Å². The molecule has 0 aromatic heterocycles. The molecule has 0 saturated heterocycles. The van der Waals surface area contributed by atoms with Crippen molar-refractivity contribution in [3.05, 3.63) is 34.9 Å². The topological polar surface area (TPSA) is 0 Å². The van der Waals surface area contributed by atoms with Gasteiger partial charge < -0.3 is 0 Å². The van der Waals surface area contributed by atoms with E-state index in [0.717, 1.165) is 19.3 Å². The number of unbranched alkanes of at least 4 members (excludes halogenated alkanes) is 13. The van der Waals surface area contributed by atoms with Crippen molar-refractivity contribution in [2.75, 3.05) is 0 Å². The fraction of sp³-hybridized carbons (Fsp3) is 0.793. The van der Waals surface area contributed by atoms with E-state index in [1.807, 2.05) is 0 Å². The third-order valence-corrected chi connectivity index (χ3v) is 7.77. The Labute approximate surface area is 194 Å². The van der Waals surface area contributed by atoms with Gasteiger partial charge in [-0.25, -0.2) is 0 Å². The van der Waals surface area contributed by atoms with Crippen molar-refractivity contribution in [2.24, 2.45) is 0 Å². The summed E-state index contributed by atoms with van der Waals surface area (Å²) in [7, 11) is 0. The standard InChI is InChI=1S/C29H51Cl/c1-5-9-10-11-12-13-14-15-16-17-18-19-20-21-23-26-24-22-25-28(27(26)6-2)29(30,7-3)8-4/h22,24-25H,5-21,23H2,1-4H3. The van der Waals surface area contributed by atoms with E-state index in [1.54, 1.807) is 5.56 Å². The Kier molecular flexibility index (Phi) is 15.7. The van der Waals surface area contributed by atoms with Crippen LogP contribution in [0.5, 0.6) is 0 Å². The highest BCUT2D eigenvalue weighted by Crippen LogP contribution is 2.39. The Morgan fingerprint density at radius 1 is 0.633 bits per heavy atom. The molecule has 1 heteroatoms. The van der Waals surface area contributed by atoms with Crippen LogP contribution in [0.25, 0.3) is 0 Å². The molecular formula is C29H51Cl. The van der Waals surface area contributed by atoms with Crippen LogP contribution < -0.4 is 0 Å². The minimum atomic E-state index is -0.184. The van der Waals surface area contributed by atoms with Gasteiger partial charge >= 0.3 is 0 Å². The van der Waals surface area contributed by atoms with E-state index in [-0.39, 0.29) is 4.87 Å². The molecule has 1 rings (SSSR count).